The monoisotopic (exact) mass is 370 g/mol. The Balaban J connectivity index is 1.39. The van der Waals surface area contributed by atoms with Crippen molar-refractivity contribution in [3.8, 4) is 22.5 Å². The fourth-order valence-corrected chi connectivity index (χ4v) is 2.89. The Morgan fingerprint density at radius 2 is 1.86 bits per heavy atom. The van der Waals surface area contributed by atoms with Crippen LogP contribution in [-0.2, 0) is 17.8 Å². The van der Waals surface area contributed by atoms with E-state index in [4.69, 9.17) is 0 Å². The topological polar surface area (TPSA) is 86.5 Å². The lowest BCUT2D eigenvalue weighted by Crippen LogP contribution is -2.12. The highest BCUT2D eigenvalue weighted by atomic mass is 16.1. The van der Waals surface area contributed by atoms with Crippen LogP contribution < -0.4 is 0 Å². The third-order valence-corrected chi connectivity index (χ3v) is 4.25. The molecule has 4 aromatic heterocycles. The molecule has 0 radical (unpaired) electrons. The quantitative estimate of drug-likeness (QED) is 0.519. The van der Waals surface area contributed by atoms with Crippen LogP contribution in [0.1, 0.15) is 11.4 Å². The molecular weight excluding hydrogens is 352 g/mol. The molecule has 0 aliphatic rings. The molecule has 0 atom stereocenters. The number of ketones is 1. The molecule has 4 aromatic rings. The molecule has 0 spiro atoms. The maximum atomic E-state index is 12.4. The number of rotatable bonds is 6. The van der Waals surface area contributed by atoms with E-state index in [1.165, 1.54) is 0 Å². The number of carbonyl (C=O) groups is 1. The highest BCUT2D eigenvalue weighted by Crippen LogP contribution is 2.17. The van der Waals surface area contributed by atoms with Gasteiger partial charge in [0.2, 0.25) is 0 Å². The summed E-state index contributed by atoms with van der Waals surface area (Å²) in [7, 11) is 0. The average Bonchev–Trinajstić information content (AvgIpc) is 3.17. The van der Waals surface area contributed by atoms with Crippen molar-refractivity contribution in [1.82, 2.24) is 29.5 Å². The van der Waals surface area contributed by atoms with Crippen LogP contribution in [0.25, 0.3) is 22.5 Å². The van der Waals surface area contributed by atoms with Gasteiger partial charge in [0.1, 0.15) is 0 Å². The van der Waals surface area contributed by atoms with Crippen molar-refractivity contribution in [2.75, 3.05) is 0 Å². The minimum Gasteiger partial charge on any atom is -0.329 e. The summed E-state index contributed by atoms with van der Waals surface area (Å²) in [6, 6.07) is 7.63. The highest BCUT2D eigenvalue weighted by molar-refractivity contribution is 5.80. The number of imidazole rings is 1. The zero-order chi connectivity index (χ0) is 19.3. The number of hydrogen-bond acceptors (Lipinski definition) is 6. The molecule has 7 heteroatoms. The van der Waals surface area contributed by atoms with Crippen LogP contribution in [0, 0.1) is 6.92 Å². The average molecular weight is 370 g/mol. The number of carbonyl (C=O) groups excluding carboxylic acids is 1. The van der Waals surface area contributed by atoms with Gasteiger partial charge in [-0.2, -0.15) is 0 Å². The SMILES string of the molecule is Cc1cc(-c2cn(CC(=O)Cc3ccc(-c4cnccn4)cn3)cn2)ccn1. The molecule has 0 aliphatic heterocycles. The Morgan fingerprint density at radius 1 is 0.929 bits per heavy atom. The Bertz CT molecular complexity index is 1090. The normalized spacial score (nSPS) is 10.8. The fraction of sp³-hybridized carbons (Fsp3) is 0.143. The van der Waals surface area contributed by atoms with Gasteiger partial charge in [0.05, 0.1) is 36.9 Å². The lowest BCUT2D eigenvalue weighted by atomic mass is 10.1. The summed E-state index contributed by atoms with van der Waals surface area (Å²) in [5.74, 6) is 0.0645. The van der Waals surface area contributed by atoms with Gasteiger partial charge in [0.15, 0.2) is 5.78 Å². The second-order valence-electron chi connectivity index (χ2n) is 6.46. The number of aryl methyl sites for hydroxylation is 1. The van der Waals surface area contributed by atoms with E-state index in [1.54, 1.807) is 41.9 Å². The zero-order valence-electron chi connectivity index (χ0n) is 15.4. The number of Topliss-reactive ketones (excluding diaryl/α,β-unsaturated/α-hetero) is 1. The number of pyridine rings is 2. The summed E-state index contributed by atoms with van der Waals surface area (Å²) >= 11 is 0. The second kappa shape index (κ2) is 7.87. The van der Waals surface area contributed by atoms with Crippen molar-refractivity contribution in [2.24, 2.45) is 0 Å². The summed E-state index contributed by atoms with van der Waals surface area (Å²) in [6.45, 7) is 2.19. The number of nitrogens with zero attached hydrogens (tertiary/aromatic N) is 6. The summed E-state index contributed by atoms with van der Waals surface area (Å²) in [6.07, 6.45) is 12.2. The molecule has 0 fully saturated rings. The molecule has 4 heterocycles. The van der Waals surface area contributed by atoms with Crippen LogP contribution in [0.4, 0.5) is 0 Å². The van der Waals surface area contributed by atoms with E-state index in [1.807, 2.05) is 37.4 Å². The van der Waals surface area contributed by atoms with Gasteiger partial charge >= 0.3 is 0 Å². The molecule has 28 heavy (non-hydrogen) atoms. The molecule has 7 nitrogen and oxygen atoms in total. The van der Waals surface area contributed by atoms with Crippen molar-refractivity contribution in [3.63, 3.8) is 0 Å². The van der Waals surface area contributed by atoms with Crippen LogP contribution >= 0.6 is 0 Å². The molecule has 0 saturated heterocycles. The van der Waals surface area contributed by atoms with E-state index in [-0.39, 0.29) is 18.7 Å². The van der Waals surface area contributed by atoms with E-state index in [2.05, 4.69) is 24.9 Å². The fourth-order valence-electron chi connectivity index (χ4n) is 2.89. The summed E-state index contributed by atoms with van der Waals surface area (Å²) in [4.78, 5) is 33.7. The van der Waals surface area contributed by atoms with Gasteiger partial charge in [-0.15, -0.1) is 0 Å². The number of hydrogen-bond donors (Lipinski definition) is 0. The molecule has 0 amide bonds. The molecular formula is C21H18N6O. The van der Waals surface area contributed by atoms with E-state index < -0.39 is 0 Å². The van der Waals surface area contributed by atoms with Crippen molar-refractivity contribution >= 4 is 5.78 Å². The Kier molecular flexibility index (Phi) is 4.97. The van der Waals surface area contributed by atoms with Crippen LogP contribution in [-0.4, -0.2) is 35.3 Å². The summed E-state index contributed by atoms with van der Waals surface area (Å²) in [5, 5.41) is 0. The first-order valence-corrected chi connectivity index (χ1v) is 8.85. The molecule has 4 rings (SSSR count). The lowest BCUT2D eigenvalue weighted by molar-refractivity contribution is -0.119. The third kappa shape index (κ3) is 4.15. The highest BCUT2D eigenvalue weighted by Gasteiger charge is 2.09. The van der Waals surface area contributed by atoms with Crippen LogP contribution in [0.3, 0.4) is 0 Å². The number of aromatic nitrogens is 6. The second-order valence-corrected chi connectivity index (χ2v) is 6.46. The van der Waals surface area contributed by atoms with Crippen molar-refractivity contribution < 1.29 is 4.79 Å². The lowest BCUT2D eigenvalue weighted by Gasteiger charge is -2.04. The van der Waals surface area contributed by atoms with Gasteiger partial charge in [0.25, 0.3) is 0 Å². The first-order valence-electron chi connectivity index (χ1n) is 8.85. The summed E-state index contributed by atoms with van der Waals surface area (Å²) < 4.78 is 1.79. The van der Waals surface area contributed by atoms with E-state index in [9.17, 15) is 4.79 Å². The Morgan fingerprint density at radius 3 is 2.61 bits per heavy atom. The minimum atomic E-state index is 0.0645. The van der Waals surface area contributed by atoms with Gasteiger partial charge in [-0.25, -0.2) is 4.98 Å². The maximum Gasteiger partial charge on any atom is 0.158 e. The Labute approximate surface area is 162 Å². The first-order chi connectivity index (χ1) is 13.7. The van der Waals surface area contributed by atoms with Crippen LogP contribution in [0.5, 0.6) is 0 Å². The van der Waals surface area contributed by atoms with Gasteiger partial charge in [-0.3, -0.25) is 24.7 Å². The van der Waals surface area contributed by atoms with Gasteiger partial charge < -0.3 is 4.57 Å². The maximum absolute atomic E-state index is 12.4. The molecule has 0 N–H and O–H groups in total. The summed E-state index contributed by atoms with van der Waals surface area (Å²) in [5.41, 5.74) is 5.09. The minimum absolute atomic E-state index is 0.0645. The van der Waals surface area contributed by atoms with Crippen LogP contribution in [0.2, 0.25) is 0 Å². The largest absolute Gasteiger partial charge is 0.329 e. The third-order valence-electron chi connectivity index (χ3n) is 4.25. The molecule has 0 unspecified atom stereocenters. The smallest absolute Gasteiger partial charge is 0.158 e. The standard InChI is InChI=1S/C21H18N6O/c1-15-8-16(4-5-23-15)21-13-27(14-26-21)12-19(28)9-18-3-2-17(10-25-18)20-11-22-6-7-24-20/h2-8,10-11,13-14H,9,12H2,1H3. The first kappa shape index (κ1) is 17.7. The Hall–Kier alpha value is -3.74. The van der Waals surface area contributed by atoms with Crippen LogP contribution in [0.15, 0.2) is 67.8 Å². The predicted molar refractivity (Wildman–Crippen MR) is 104 cm³/mol. The van der Waals surface area contributed by atoms with E-state index in [0.717, 1.165) is 33.9 Å². The van der Waals surface area contributed by atoms with Gasteiger partial charge in [-0.1, -0.05) is 0 Å². The van der Waals surface area contributed by atoms with Gasteiger partial charge in [0, 0.05) is 53.5 Å². The molecule has 138 valence electrons. The van der Waals surface area contributed by atoms with E-state index in [0.29, 0.717) is 0 Å². The van der Waals surface area contributed by atoms with Gasteiger partial charge in [-0.05, 0) is 31.2 Å². The molecule has 0 aliphatic carbocycles. The zero-order valence-corrected chi connectivity index (χ0v) is 15.4. The van der Waals surface area contributed by atoms with Crippen molar-refractivity contribution in [2.45, 2.75) is 19.9 Å². The predicted octanol–water partition coefficient (Wildman–Crippen LogP) is 2.92. The molecule has 0 saturated carbocycles. The van der Waals surface area contributed by atoms with Crippen molar-refractivity contribution in [1.29, 1.82) is 0 Å². The van der Waals surface area contributed by atoms with Crippen molar-refractivity contribution in [3.05, 3.63) is 79.2 Å². The molecule has 0 aromatic carbocycles. The molecule has 0 bridgehead atoms. The van der Waals surface area contributed by atoms with E-state index >= 15 is 0 Å².